The minimum atomic E-state index is 0.501. The van der Waals surface area contributed by atoms with Gasteiger partial charge in [-0.1, -0.05) is 0 Å². The molecule has 0 atom stereocenters. The number of nitrogen functional groups attached to an aromatic ring is 1. The number of rotatable bonds is 4. The lowest BCUT2D eigenvalue weighted by Gasteiger charge is -2.08. The molecule has 0 aromatic carbocycles. The van der Waals surface area contributed by atoms with E-state index in [9.17, 15) is 0 Å². The first-order valence-electron chi connectivity index (χ1n) is 5.33. The average Bonchev–Trinajstić information content (AvgIpc) is 2.35. The summed E-state index contributed by atoms with van der Waals surface area (Å²) in [5, 5.41) is 6.15. The molecular weight excluding hydrogens is 216 g/mol. The van der Waals surface area contributed by atoms with Crippen LogP contribution in [0.25, 0.3) is 0 Å². The van der Waals surface area contributed by atoms with Gasteiger partial charge in [-0.3, -0.25) is 4.98 Å². The Morgan fingerprint density at radius 3 is 2.76 bits per heavy atom. The maximum absolute atomic E-state index is 5.74. The third-order valence-corrected chi connectivity index (χ3v) is 2.10. The average molecular weight is 230 g/mol. The van der Waals surface area contributed by atoms with Crippen LogP contribution in [0.4, 0.5) is 23.1 Å². The summed E-state index contributed by atoms with van der Waals surface area (Å²) in [5.41, 5.74) is 7.16. The first kappa shape index (κ1) is 11.1. The molecule has 88 valence electrons. The number of anilines is 4. The van der Waals surface area contributed by atoms with Gasteiger partial charge in [-0.25, -0.2) is 4.98 Å². The SMILES string of the molecule is CCNc1nc(Nc2ccncc2)ncc1N. The van der Waals surface area contributed by atoms with E-state index in [0.29, 0.717) is 17.5 Å². The second kappa shape index (κ2) is 5.11. The third kappa shape index (κ3) is 2.81. The van der Waals surface area contributed by atoms with Crippen molar-refractivity contribution in [1.82, 2.24) is 15.0 Å². The first-order valence-corrected chi connectivity index (χ1v) is 5.33. The molecule has 0 bridgehead atoms. The molecule has 2 heterocycles. The maximum atomic E-state index is 5.74. The molecule has 2 aromatic rings. The van der Waals surface area contributed by atoms with E-state index in [1.54, 1.807) is 18.6 Å². The number of nitrogens with zero attached hydrogens (tertiary/aromatic N) is 3. The summed E-state index contributed by atoms with van der Waals surface area (Å²) in [4.78, 5) is 12.3. The van der Waals surface area contributed by atoms with Crippen molar-refractivity contribution < 1.29 is 0 Å². The lowest BCUT2D eigenvalue weighted by atomic mass is 10.4. The standard InChI is InChI=1S/C11H14N6/c1-2-14-10-9(12)7-15-11(17-10)16-8-3-5-13-6-4-8/h3-7H,2,12H2,1H3,(H2,13,14,15,16,17). The molecule has 0 aliphatic rings. The topological polar surface area (TPSA) is 88.8 Å². The number of hydrogen-bond acceptors (Lipinski definition) is 6. The maximum Gasteiger partial charge on any atom is 0.229 e. The zero-order valence-corrected chi connectivity index (χ0v) is 9.51. The molecule has 2 rings (SSSR count). The van der Waals surface area contributed by atoms with E-state index in [2.05, 4.69) is 25.6 Å². The van der Waals surface area contributed by atoms with Gasteiger partial charge in [-0.15, -0.1) is 0 Å². The molecular formula is C11H14N6. The van der Waals surface area contributed by atoms with Crippen molar-refractivity contribution in [3.63, 3.8) is 0 Å². The third-order valence-electron chi connectivity index (χ3n) is 2.10. The monoisotopic (exact) mass is 230 g/mol. The van der Waals surface area contributed by atoms with Crippen molar-refractivity contribution in [3.05, 3.63) is 30.7 Å². The second-order valence-corrected chi connectivity index (χ2v) is 3.39. The quantitative estimate of drug-likeness (QED) is 0.739. The van der Waals surface area contributed by atoms with E-state index in [1.807, 2.05) is 19.1 Å². The van der Waals surface area contributed by atoms with Gasteiger partial charge in [-0.2, -0.15) is 4.98 Å². The van der Waals surface area contributed by atoms with Gasteiger partial charge in [0.05, 0.1) is 11.9 Å². The fourth-order valence-electron chi connectivity index (χ4n) is 1.32. The Hall–Kier alpha value is -2.37. The molecule has 0 fully saturated rings. The van der Waals surface area contributed by atoms with E-state index in [4.69, 9.17) is 5.73 Å². The number of aromatic nitrogens is 3. The predicted octanol–water partition coefficient (Wildman–Crippen LogP) is 1.63. The molecule has 6 nitrogen and oxygen atoms in total. The summed E-state index contributed by atoms with van der Waals surface area (Å²) >= 11 is 0. The van der Waals surface area contributed by atoms with Crippen molar-refractivity contribution in [2.24, 2.45) is 0 Å². The van der Waals surface area contributed by atoms with Gasteiger partial charge >= 0.3 is 0 Å². The van der Waals surface area contributed by atoms with Crippen LogP contribution in [0.15, 0.2) is 30.7 Å². The van der Waals surface area contributed by atoms with Crippen molar-refractivity contribution in [2.75, 3.05) is 22.9 Å². The first-order chi connectivity index (χ1) is 8.29. The summed E-state index contributed by atoms with van der Waals surface area (Å²) in [5.74, 6) is 1.14. The van der Waals surface area contributed by atoms with Crippen molar-refractivity contribution in [2.45, 2.75) is 6.92 Å². The van der Waals surface area contributed by atoms with Gasteiger partial charge in [0.1, 0.15) is 0 Å². The Bertz CT molecular complexity index is 485. The molecule has 0 amide bonds. The van der Waals surface area contributed by atoms with E-state index in [-0.39, 0.29) is 0 Å². The van der Waals surface area contributed by atoms with E-state index in [0.717, 1.165) is 12.2 Å². The molecule has 0 unspecified atom stereocenters. The van der Waals surface area contributed by atoms with Crippen LogP contribution in [0.5, 0.6) is 0 Å². The largest absolute Gasteiger partial charge is 0.394 e. The molecule has 0 aliphatic heterocycles. The fraction of sp³-hybridized carbons (Fsp3) is 0.182. The minimum absolute atomic E-state index is 0.501. The van der Waals surface area contributed by atoms with Crippen molar-refractivity contribution >= 4 is 23.1 Å². The van der Waals surface area contributed by atoms with Crippen LogP contribution in [0.1, 0.15) is 6.92 Å². The van der Waals surface area contributed by atoms with Crippen LogP contribution in [-0.4, -0.2) is 21.5 Å². The Kier molecular flexibility index (Phi) is 3.34. The highest BCUT2D eigenvalue weighted by molar-refractivity contribution is 5.63. The van der Waals surface area contributed by atoms with Crippen LogP contribution in [0, 0.1) is 0 Å². The lowest BCUT2D eigenvalue weighted by molar-refractivity contribution is 1.12. The van der Waals surface area contributed by atoms with Crippen LogP contribution < -0.4 is 16.4 Å². The molecule has 0 radical (unpaired) electrons. The molecule has 0 spiro atoms. The van der Waals surface area contributed by atoms with Gasteiger partial charge in [0.15, 0.2) is 5.82 Å². The van der Waals surface area contributed by atoms with Crippen LogP contribution in [0.2, 0.25) is 0 Å². The molecule has 2 aromatic heterocycles. The van der Waals surface area contributed by atoms with Gasteiger partial charge in [0.2, 0.25) is 5.95 Å². The van der Waals surface area contributed by atoms with Crippen molar-refractivity contribution in [3.8, 4) is 0 Å². The summed E-state index contributed by atoms with van der Waals surface area (Å²) in [6, 6.07) is 3.68. The zero-order chi connectivity index (χ0) is 12.1. The molecule has 17 heavy (non-hydrogen) atoms. The van der Waals surface area contributed by atoms with Gasteiger partial charge < -0.3 is 16.4 Å². The Labute approximate surface area is 99.3 Å². The smallest absolute Gasteiger partial charge is 0.229 e. The molecule has 4 N–H and O–H groups in total. The Balaban J connectivity index is 2.19. The van der Waals surface area contributed by atoms with E-state index in [1.165, 1.54) is 0 Å². The van der Waals surface area contributed by atoms with Crippen LogP contribution in [-0.2, 0) is 0 Å². The highest BCUT2D eigenvalue weighted by Gasteiger charge is 2.03. The zero-order valence-electron chi connectivity index (χ0n) is 9.51. The minimum Gasteiger partial charge on any atom is -0.394 e. The number of nitrogens with two attached hydrogens (primary N) is 1. The Morgan fingerprint density at radius 1 is 1.29 bits per heavy atom. The van der Waals surface area contributed by atoms with Crippen molar-refractivity contribution in [1.29, 1.82) is 0 Å². The van der Waals surface area contributed by atoms with Crippen LogP contribution in [0.3, 0.4) is 0 Å². The summed E-state index contributed by atoms with van der Waals surface area (Å²) < 4.78 is 0. The summed E-state index contributed by atoms with van der Waals surface area (Å²) in [6.45, 7) is 2.74. The van der Waals surface area contributed by atoms with E-state index >= 15 is 0 Å². The van der Waals surface area contributed by atoms with Crippen LogP contribution >= 0.6 is 0 Å². The van der Waals surface area contributed by atoms with Gasteiger partial charge in [0, 0.05) is 24.6 Å². The highest BCUT2D eigenvalue weighted by Crippen LogP contribution is 2.17. The Morgan fingerprint density at radius 2 is 2.06 bits per heavy atom. The molecule has 0 saturated carbocycles. The fourth-order valence-corrected chi connectivity index (χ4v) is 1.32. The molecule has 0 saturated heterocycles. The van der Waals surface area contributed by atoms with Gasteiger partial charge in [0.25, 0.3) is 0 Å². The van der Waals surface area contributed by atoms with E-state index < -0.39 is 0 Å². The molecule has 0 aliphatic carbocycles. The number of hydrogen-bond donors (Lipinski definition) is 3. The predicted molar refractivity (Wildman–Crippen MR) is 68.1 cm³/mol. The molecule has 6 heteroatoms. The highest BCUT2D eigenvalue weighted by atomic mass is 15.1. The number of nitrogens with one attached hydrogen (secondary N) is 2. The number of pyridine rings is 1. The summed E-state index contributed by atoms with van der Waals surface area (Å²) in [7, 11) is 0. The summed E-state index contributed by atoms with van der Waals surface area (Å²) in [6.07, 6.45) is 4.98. The van der Waals surface area contributed by atoms with Gasteiger partial charge in [-0.05, 0) is 19.1 Å². The lowest BCUT2D eigenvalue weighted by Crippen LogP contribution is -2.06. The second-order valence-electron chi connectivity index (χ2n) is 3.39. The normalized spacial score (nSPS) is 9.94.